The van der Waals surface area contributed by atoms with Crippen molar-refractivity contribution in [2.45, 2.75) is 19.3 Å². The van der Waals surface area contributed by atoms with Crippen LogP contribution in [0.5, 0.6) is 0 Å². The van der Waals surface area contributed by atoms with E-state index in [2.05, 4.69) is 46.1 Å². The zero-order valence-electron chi connectivity index (χ0n) is 14.0. The number of halogens is 1. The molecule has 1 heterocycles. The maximum atomic E-state index is 12.9. The van der Waals surface area contributed by atoms with E-state index in [1.54, 1.807) is 12.1 Å². The molecule has 2 aromatic rings. The standard InChI is InChI=1S/C20H26FN3/c21-19-8-10-20(11-9-19)22-12-13-23-24-14-4-7-18(16-24)15-17-5-2-1-3-6-17/h1-3,5-6,8-11,18,22-23H,4,7,12-16H2/t18-/m1/s1. The summed E-state index contributed by atoms with van der Waals surface area (Å²) in [7, 11) is 0. The molecule has 1 saturated heterocycles. The lowest BCUT2D eigenvalue weighted by Crippen LogP contribution is -2.46. The van der Waals surface area contributed by atoms with Gasteiger partial charge in [0, 0.05) is 31.9 Å². The van der Waals surface area contributed by atoms with Gasteiger partial charge < -0.3 is 5.32 Å². The summed E-state index contributed by atoms with van der Waals surface area (Å²) in [5.41, 5.74) is 5.91. The largest absolute Gasteiger partial charge is 0.384 e. The van der Waals surface area contributed by atoms with E-state index in [1.807, 2.05) is 0 Å². The lowest BCUT2D eigenvalue weighted by Gasteiger charge is -2.33. The van der Waals surface area contributed by atoms with Gasteiger partial charge in [0.2, 0.25) is 0 Å². The van der Waals surface area contributed by atoms with Gasteiger partial charge in [-0.2, -0.15) is 0 Å². The van der Waals surface area contributed by atoms with Crippen LogP contribution in [0.15, 0.2) is 54.6 Å². The van der Waals surface area contributed by atoms with Crippen LogP contribution in [-0.2, 0) is 6.42 Å². The van der Waals surface area contributed by atoms with Crippen LogP contribution in [0.25, 0.3) is 0 Å². The molecule has 2 aromatic carbocycles. The summed E-state index contributed by atoms with van der Waals surface area (Å²) in [5, 5.41) is 5.66. The van der Waals surface area contributed by atoms with Crippen LogP contribution < -0.4 is 10.7 Å². The van der Waals surface area contributed by atoms with Crippen molar-refractivity contribution >= 4 is 5.69 Å². The quantitative estimate of drug-likeness (QED) is 0.760. The van der Waals surface area contributed by atoms with E-state index >= 15 is 0 Å². The van der Waals surface area contributed by atoms with Crippen molar-refractivity contribution < 1.29 is 4.39 Å². The Balaban J connectivity index is 1.37. The average Bonchev–Trinajstić information content (AvgIpc) is 2.61. The lowest BCUT2D eigenvalue weighted by molar-refractivity contribution is 0.117. The highest BCUT2D eigenvalue weighted by molar-refractivity contribution is 5.42. The number of hydrogen-bond donors (Lipinski definition) is 2. The molecule has 0 saturated carbocycles. The molecule has 0 bridgehead atoms. The van der Waals surface area contributed by atoms with Gasteiger partial charge in [-0.1, -0.05) is 30.3 Å². The summed E-state index contributed by atoms with van der Waals surface area (Å²) >= 11 is 0. The summed E-state index contributed by atoms with van der Waals surface area (Å²) in [4.78, 5) is 0. The van der Waals surface area contributed by atoms with E-state index in [9.17, 15) is 4.39 Å². The first-order chi connectivity index (χ1) is 11.8. The predicted molar refractivity (Wildman–Crippen MR) is 97.3 cm³/mol. The van der Waals surface area contributed by atoms with Crippen molar-refractivity contribution in [3.05, 3.63) is 66.0 Å². The van der Waals surface area contributed by atoms with E-state index in [4.69, 9.17) is 0 Å². The van der Waals surface area contributed by atoms with E-state index in [-0.39, 0.29) is 5.82 Å². The van der Waals surface area contributed by atoms with Gasteiger partial charge in [-0.25, -0.2) is 9.40 Å². The van der Waals surface area contributed by atoms with Gasteiger partial charge >= 0.3 is 0 Å². The molecule has 3 nitrogen and oxygen atoms in total. The topological polar surface area (TPSA) is 27.3 Å². The second kappa shape index (κ2) is 8.81. The van der Waals surface area contributed by atoms with Crippen LogP contribution >= 0.6 is 0 Å². The third kappa shape index (κ3) is 5.32. The average molecular weight is 327 g/mol. The Morgan fingerprint density at radius 3 is 2.58 bits per heavy atom. The zero-order chi connectivity index (χ0) is 16.6. The van der Waals surface area contributed by atoms with Gasteiger partial charge in [-0.05, 0) is 55.0 Å². The van der Waals surface area contributed by atoms with Crippen LogP contribution in [0.2, 0.25) is 0 Å². The summed E-state index contributed by atoms with van der Waals surface area (Å²) in [6, 6.07) is 17.3. The summed E-state index contributed by atoms with van der Waals surface area (Å²) in [6.45, 7) is 3.91. The molecule has 0 spiro atoms. The third-order valence-electron chi connectivity index (χ3n) is 4.52. The zero-order valence-corrected chi connectivity index (χ0v) is 14.0. The first-order valence-corrected chi connectivity index (χ1v) is 8.81. The second-order valence-electron chi connectivity index (χ2n) is 6.49. The Morgan fingerprint density at radius 2 is 1.79 bits per heavy atom. The van der Waals surface area contributed by atoms with Crippen LogP contribution in [0.4, 0.5) is 10.1 Å². The number of benzene rings is 2. The summed E-state index contributed by atoms with van der Waals surface area (Å²) < 4.78 is 12.9. The Labute approximate surface area is 143 Å². The lowest BCUT2D eigenvalue weighted by atomic mass is 9.92. The molecule has 0 radical (unpaired) electrons. The van der Waals surface area contributed by atoms with Gasteiger partial charge in [0.05, 0.1) is 0 Å². The molecule has 24 heavy (non-hydrogen) atoms. The highest BCUT2D eigenvalue weighted by Gasteiger charge is 2.19. The molecule has 0 aromatic heterocycles. The predicted octanol–water partition coefficient (Wildman–Crippen LogP) is 3.70. The number of rotatable bonds is 7. The van der Waals surface area contributed by atoms with E-state index in [0.717, 1.165) is 44.2 Å². The number of nitrogens with zero attached hydrogens (tertiary/aromatic N) is 1. The van der Waals surface area contributed by atoms with Crippen molar-refractivity contribution in [2.24, 2.45) is 5.92 Å². The first kappa shape index (κ1) is 16.9. The summed E-state index contributed by atoms with van der Waals surface area (Å²) in [6.07, 6.45) is 3.71. The van der Waals surface area contributed by atoms with Crippen LogP contribution in [0, 0.1) is 11.7 Å². The SMILES string of the molecule is Fc1ccc(NCCNN2CCC[C@H](Cc3ccccc3)C2)cc1. The smallest absolute Gasteiger partial charge is 0.123 e. The van der Waals surface area contributed by atoms with Crippen molar-refractivity contribution in [2.75, 3.05) is 31.5 Å². The number of piperidine rings is 1. The molecule has 1 atom stereocenters. The van der Waals surface area contributed by atoms with Crippen molar-refractivity contribution in [1.82, 2.24) is 10.4 Å². The molecule has 2 N–H and O–H groups in total. The molecule has 0 aliphatic carbocycles. The van der Waals surface area contributed by atoms with E-state index < -0.39 is 0 Å². The van der Waals surface area contributed by atoms with Crippen LogP contribution in [-0.4, -0.2) is 31.2 Å². The normalized spacial score (nSPS) is 18.5. The Bertz CT molecular complexity index is 600. The number of anilines is 1. The molecule has 3 rings (SSSR count). The highest BCUT2D eigenvalue weighted by Crippen LogP contribution is 2.19. The molecular weight excluding hydrogens is 301 g/mol. The third-order valence-corrected chi connectivity index (χ3v) is 4.52. The van der Waals surface area contributed by atoms with Gasteiger partial charge in [0.15, 0.2) is 0 Å². The second-order valence-corrected chi connectivity index (χ2v) is 6.49. The molecule has 0 unspecified atom stereocenters. The fourth-order valence-electron chi connectivity index (χ4n) is 3.31. The highest BCUT2D eigenvalue weighted by atomic mass is 19.1. The van der Waals surface area contributed by atoms with E-state index in [0.29, 0.717) is 0 Å². The van der Waals surface area contributed by atoms with Crippen molar-refractivity contribution in [3.63, 3.8) is 0 Å². The van der Waals surface area contributed by atoms with Gasteiger partial charge in [0.25, 0.3) is 0 Å². The minimum atomic E-state index is -0.198. The van der Waals surface area contributed by atoms with E-state index in [1.165, 1.54) is 30.5 Å². The minimum absolute atomic E-state index is 0.198. The Kier molecular flexibility index (Phi) is 6.21. The Morgan fingerprint density at radius 1 is 1.00 bits per heavy atom. The van der Waals surface area contributed by atoms with Gasteiger partial charge in [-0.3, -0.25) is 5.43 Å². The summed E-state index contributed by atoms with van der Waals surface area (Å²) in [5.74, 6) is 0.523. The molecule has 0 amide bonds. The molecule has 1 aliphatic rings. The molecule has 1 aliphatic heterocycles. The monoisotopic (exact) mass is 327 g/mol. The molecule has 4 heteroatoms. The van der Waals surface area contributed by atoms with Gasteiger partial charge in [0.1, 0.15) is 5.82 Å². The van der Waals surface area contributed by atoms with Crippen LogP contribution in [0.3, 0.4) is 0 Å². The minimum Gasteiger partial charge on any atom is -0.384 e. The van der Waals surface area contributed by atoms with Crippen molar-refractivity contribution in [1.29, 1.82) is 0 Å². The molecule has 1 fully saturated rings. The van der Waals surface area contributed by atoms with Crippen LogP contribution in [0.1, 0.15) is 18.4 Å². The fourth-order valence-corrected chi connectivity index (χ4v) is 3.31. The molecule has 128 valence electrons. The number of hydrazine groups is 1. The Hall–Kier alpha value is -1.91. The van der Waals surface area contributed by atoms with Crippen molar-refractivity contribution in [3.8, 4) is 0 Å². The number of nitrogens with one attached hydrogen (secondary N) is 2. The van der Waals surface area contributed by atoms with Gasteiger partial charge in [-0.15, -0.1) is 0 Å². The first-order valence-electron chi connectivity index (χ1n) is 8.81. The maximum Gasteiger partial charge on any atom is 0.123 e. The maximum absolute atomic E-state index is 12.9. The fraction of sp³-hybridized carbons (Fsp3) is 0.400. The number of hydrogen-bond acceptors (Lipinski definition) is 3. The molecular formula is C20H26FN3.